The average Bonchev–Trinajstić information content (AvgIpc) is 2.79. The van der Waals surface area contributed by atoms with Crippen molar-refractivity contribution in [2.45, 2.75) is 5.79 Å². The molecule has 0 atom stereocenters. The van der Waals surface area contributed by atoms with Gasteiger partial charge in [-0.3, -0.25) is 0 Å². The van der Waals surface area contributed by atoms with Crippen molar-refractivity contribution in [3.63, 3.8) is 0 Å². The van der Waals surface area contributed by atoms with Gasteiger partial charge in [-0.05, 0) is 12.1 Å². The average molecular weight is 229 g/mol. The van der Waals surface area contributed by atoms with Crippen LogP contribution in [0.15, 0.2) is 24.3 Å². The maximum absolute atomic E-state index is 5.90. The summed E-state index contributed by atoms with van der Waals surface area (Å²) in [5.41, 5.74) is 0.898. The molecule has 1 fully saturated rings. The SMILES string of the molecule is COc1cccc(C2(CCl)OCCO2)c1. The Morgan fingerprint density at radius 2 is 2.13 bits per heavy atom. The lowest BCUT2D eigenvalue weighted by molar-refractivity contribution is -0.146. The lowest BCUT2D eigenvalue weighted by Crippen LogP contribution is -2.29. The molecule has 0 radical (unpaired) electrons. The molecule has 0 aromatic heterocycles. The molecule has 0 aliphatic carbocycles. The normalized spacial score (nSPS) is 19.1. The molecule has 3 nitrogen and oxygen atoms in total. The van der Waals surface area contributed by atoms with Crippen molar-refractivity contribution in [2.75, 3.05) is 26.2 Å². The number of methoxy groups -OCH3 is 1. The molecule has 0 bridgehead atoms. The fraction of sp³-hybridized carbons (Fsp3) is 0.455. The minimum absolute atomic E-state index is 0.278. The van der Waals surface area contributed by atoms with Crippen molar-refractivity contribution >= 4 is 11.6 Å². The minimum Gasteiger partial charge on any atom is -0.497 e. The summed E-state index contributed by atoms with van der Waals surface area (Å²) >= 11 is 5.90. The third-order valence-electron chi connectivity index (χ3n) is 2.44. The van der Waals surface area contributed by atoms with Crippen molar-refractivity contribution in [1.29, 1.82) is 0 Å². The number of ether oxygens (including phenoxy) is 3. The Balaban J connectivity index is 2.33. The lowest BCUT2D eigenvalue weighted by Gasteiger charge is -2.25. The lowest BCUT2D eigenvalue weighted by atomic mass is 10.1. The summed E-state index contributed by atoms with van der Waals surface area (Å²) in [5.74, 6) is 0.257. The quantitative estimate of drug-likeness (QED) is 0.742. The zero-order valence-electron chi connectivity index (χ0n) is 8.53. The molecule has 0 saturated carbocycles. The summed E-state index contributed by atoms with van der Waals surface area (Å²) in [5, 5.41) is 0. The highest BCUT2D eigenvalue weighted by Crippen LogP contribution is 2.34. The highest BCUT2D eigenvalue weighted by Gasteiger charge is 2.37. The van der Waals surface area contributed by atoms with E-state index < -0.39 is 5.79 Å². The molecule has 0 spiro atoms. The number of benzene rings is 1. The Kier molecular flexibility index (Phi) is 3.14. The van der Waals surface area contributed by atoms with Gasteiger partial charge in [-0.2, -0.15) is 0 Å². The molecule has 1 aromatic rings. The summed E-state index contributed by atoms with van der Waals surface area (Å²) in [6.07, 6.45) is 0. The van der Waals surface area contributed by atoms with E-state index in [1.54, 1.807) is 7.11 Å². The second kappa shape index (κ2) is 4.39. The molecule has 0 N–H and O–H groups in total. The Hall–Kier alpha value is -0.770. The van der Waals surface area contributed by atoms with Gasteiger partial charge in [0.15, 0.2) is 0 Å². The molecule has 1 aromatic carbocycles. The summed E-state index contributed by atoms with van der Waals surface area (Å²) in [7, 11) is 1.63. The van der Waals surface area contributed by atoms with E-state index in [1.165, 1.54) is 0 Å². The van der Waals surface area contributed by atoms with Gasteiger partial charge in [0.2, 0.25) is 5.79 Å². The summed E-state index contributed by atoms with van der Waals surface area (Å²) in [4.78, 5) is 0. The van der Waals surface area contributed by atoms with Crippen molar-refractivity contribution in [3.8, 4) is 5.75 Å². The van der Waals surface area contributed by atoms with Crippen LogP contribution >= 0.6 is 11.6 Å². The fourth-order valence-electron chi connectivity index (χ4n) is 1.64. The molecule has 0 amide bonds. The van der Waals surface area contributed by atoms with Crippen molar-refractivity contribution in [3.05, 3.63) is 29.8 Å². The fourth-order valence-corrected chi connectivity index (χ4v) is 1.94. The van der Waals surface area contributed by atoms with Gasteiger partial charge in [0.1, 0.15) is 5.75 Å². The molecular weight excluding hydrogens is 216 g/mol. The Morgan fingerprint density at radius 3 is 2.73 bits per heavy atom. The third-order valence-corrected chi connectivity index (χ3v) is 2.79. The zero-order valence-corrected chi connectivity index (χ0v) is 9.29. The van der Waals surface area contributed by atoms with Crippen molar-refractivity contribution < 1.29 is 14.2 Å². The molecule has 1 aliphatic rings. The van der Waals surface area contributed by atoms with Gasteiger partial charge in [0.25, 0.3) is 0 Å². The molecule has 2 rings (SSSR count). The topological polar surface area (TPSA) is 27.7 Å². The van der Waals surface area contributed by atoms with E-state index in [0.29, 0.717) is 13.2 Å². The monoisotopic (exact) mass is 228 g/mol. The number of rotatable bonds is 3. The first-order valence-corrected chi connectivity index (χ1v) is 5.32. The predicted octanol–water partition coefficient (Wildman–Crippen LogP) is 2.13. The van der Waals surface area contributed by atoms with Crippen LogP contribution in [-0.4, -0.2) is 26.2 Å². The smallest absolute Gasteiger partial charge is 0.209 e. The van der Waals surface area contributed by atoms with E-state index in [1.807, 2.05) is 24.3 Å². The predicted molar refractivity (Wildman–Crippen MR) is 57.3 cm³/mol. The first kappa shape index (κ1) is 10.7. The van der Waals surface area contributed by atoms with Gasteiger partial charge in [-0.1, -0.05) is 12.1 Å². The summed E-state index contributed by atoms with van der Waals surface area (Å²) < 4.78 is 16.3. The molecule has 1 heterocycles. The standard InChI is InChI=1S/C11H13ClO3/c1-13-10-4-2-3-9(7-10)11(8-12)14-5-6-15-11/h2-4,7H,5-6,8H2,1H3. The number of halogens is 1. The van der Waals surface area contributed by atoms with Gasteiger partial charge >= 0.3 is 0 Å². The van der Waals surface area contributed by atoms with E-state index in [2.05, 4.69) is 0 Å². The van der Waals surface area contributed by atoms with E-state index in [4.69, 9.17) is 25.8 Å². The van der Waals surface area contributed by atoms with E-state index >= 15 is 0 Å². The number of hydrogen-bond donors (Lipinski definition) is 0. The Bertz CT molecular complexity index is 334. The van der Waals surface area contributed by atoms with E-state index in [9.17, 15) is 0 Å². The first-order valence-electron chi connectivity index (χ1n) is 4.79. The maximum atomic E-state index is 5.90. The van der Waals surface area contributed by atoms with Crippen LogP contribution in [0.2, 0.25) is 0 Å². The van der Waals surface area contributed by atoms with Crippen LogP contribution in [0.5, 0.6) is 5.75 Å². The zero-order chi connectivity index (χ0) is 10.7. The molecule has 1 saturated heterocycles. The van der Waals surface area contributed by atoms with Crippen LogP contribution in [0.3, 0.4) is 0 Å². The molecule has 0 unspecified atom stereocenters. The Morgan fingerprint density at radius 1 is 1.40 bits per heavy atom. The first-order chi connectivity index (χ1) is 7.30. The molecule has 15 heavy (non-hydrogen) atoms. The van der Waals surface area contributed by atoms with Gasteiger partial charge in [-0.15, -0.1) is 11.6 Å². The number of hydrogen-bond acceptors (Lipinski definition) is 3. The van der Waals surface area contributed by atoms with Gasteiger partial charge in [0, 0.05) is 5.56 Å². The van der Waals surface area contributed by atoms with Gasteiger partial charge < -0.3 is 14.2 Å². The maximum Gasteiger partial charge on any atom is 0.209 e. The molecule has 82 valence electrons. The number of alkyl halides is 1. The largest absolute Gasteiger partial charge is 0.497 e. The van der Waals surface area contributed by atoms with Crippen molar-refractivity contribution in [2.24, 2.45) is 0 Å². The minimum atomic E-state index is -0.796. The summed E-state index contributed by atoms with van der Waals surface area (Å²) in [6, 6.07) is 7.58. The Labute approximate surface area is 93.9 Å². The second-order valence-electron chi connectivity index (χ2n) is 3.32. The molecule has 4 heteroatoms. The van der Waals surface area contributed by atoms with Gasteiger partial charge in [-0.25, -0.2) is 0 Å². The van der Waals surface area contributed by atoms with Crippen LogP contribution in [-0.2, 0) is 15.3 Å². The molecular formula is C11H13ClO3. The second-order valence-corrected chi connectivity index (χ2v) is 3.58. The highest BCUT2D eigenvalue weighted by molar-refractivity contribution is 6.18. The molecule has 1 aliphatic heterocycles. The van der Waals surface area contributed by atoms with Crippen LogP contribution in [0.1, 0.15) is 5.56 Å². The van der Waals surface area contributed by atoms with Crippen molar-refractivity contribution in [1.82, 2.24) is 0 Å². The highest BCUT2D eigenvalue weighted by atomic mass is 35.5. The summed E-state index contributed by atoms with van der Waals surface area (Å²) in [6.45, 7) is 1.15. The van der Waals surface area contributed by atoms with Crippen LogP contribution in [0, 0.1) is 0 Å². The van der Waals surface area contributed by atoms with Gasteiger partial charge in [0.05, 0.1) is 26.2 Å². The van der Waals surface area contributed by atoms with E-state index in [0.717, 1.165) is 11.3 Å². The van der Waals surface area contributed by atoms with Crippen LogP contribution < -0.4 is 4.74 Å². The third kappa shape index (κ3) is 1.95. The van der Waals surface area contributed by atoms with Crippen LogP contribution in [0.4, 0.5) is 0 Å². The van der Waals surface area contributed by atoms with E-state index in [-0.39, 0.29) is 5.88 Å². The van der Waals surface area contributed by atoms with Crippen LogP contribution in [0.25, 0.3) is 0 Å².